The van der Waals surface area contributed by atoms with Crippen molar-refractivity contribution in [3.05, 3.63) is 53.6 Å². The fraction of sp³-hybridized carbons (Fsp3) is 0.545. The van der Waals surface area contributed by atoms with Crippen LogP contribution < -0.4 is 0 Å². The first-order chi connectivity index (χ1) is 12.5. The SMILES string of the molecule is C=CN=C/C(CCc1cccc(C)n1)=C(\C)N(C)C(CCO)CCCC. The van der Waals surface area contributed by atoms with Gasteiger partial charge >= 0.3 is 0 Å². The van der Waals surface area contributed by atoms with Crippen LogP contribution in [0.25, 0.3) is 0 Å². The first-order valence-electron chi connectivity index (χ1n) is 9.63. The fourth-order valence-corrected chi connectivity index (χ4v) is 3.10. The Kier molecular flexibility index (Phi) is 10.6. The van der Waals surface area contributed by atoms with Gasteiger partial charge in [-0.1, -0.05) is 32.4 Å². The van der Waals surface area contributed by atoms with Crippen molar-refractivity contribution in [2.45, 2.75) is 65.3 Å². The second kappa shape index (κ2) is 12.4. The molecule has 1 heterocycles. The number of nitrogens with zero attached hydrogens (tertiary/aromatic N) is 3. The van der Waals surface area contributed by atoms with Gasteiger partial charge in [0.05, 0.1) is 0 Å². The van der Waals surface area contributed by atoms with Crippen LogP contribution in [0.5, 0.6) is 0 Å². The Labute approximate surface area is 159 Å². The third kappa shape index (κ3) is 7.52. The first kappa shape index (κ1) is 22.1. The normalized spacial score (nSPS) is 13.6. The zero-order chi connectivity index (χ0) is 19.4. The molecule has 1 unspecified atom stereocenters. The number of allylic oxidation sites excluding steroid dienone is 2. The van der Waals surface area contributed by atoms with Crippen LogP contribution in [-0.4, -0.2) is 40.9 Å². The third-order valence-corrected chi connectivity index (χ3v) is 4.83. The highest BCUT2D eigenvalue weighted by molar-refractivity contribution is 5.79. The second-order valence-electron chi connectivity index (χ2n) is 6.76. The van der Waals surface area contributed by atoms with E-state index in [1.807, 2.05) is 19.2 Å². The molecule has 1 aromatic heterocycles. The summed E-state index contributed by atoms with van der Waals surface area (Å²) in [5, 5.41) is 9.43. The molecule has 1 aromatic rings. The van der Waals surface area contributed by atoms with Gasteiger partial charge in [-0.15, -0.1) is 0 Å². The third-order valence-electron chi connectivity index (χ3n) is 4.83. The number of aromatic nitrogens is 1. The number of aliphatic hydroxyl groups is 1. The van der Waals surface area contributed by atoms with Crippen molar-refractivity contribution in [1.29, 1.82) is 0 Å². The summed E-state index contributed by atoms with van der Waals surface area (Å²) in [5.74, 6) is 0. The van der Waals surface area contributed by atoms with Gasteiger partial charge in [-0.05, 0) is 57.2 Å². The highest BCUT2D eigenvalue weighted by Gasteiger charge is 2.16. The zero-order valence-electron chi connectivity index (χ0n) is 16.9. The molecule has 0 aromatic carbocycles. The highest BCUT2D eigenvalue weighted by atomic mass is 16.3. The lowest BCUT2D eigenvalue weighted by atomic mass is 10.0. The standard InChI is InChI=1S/C22H35N3O/c1-6-8-12-22(15-16-26)25(5)19(4)20(17-23-7-2)13-14-21-11-9-10-18(3)24-21/h7,9-11,17,22,26H,2,6,8,12-16H2,1,3-5H3/b20-19+,23-17?. The van der Waals surface area contributed by atoms with E-state index in [1.54, 1.807) is 6.20 Å². The molecule has 1 rings (SSSR count). The topological polar surface area (TPSA) is 48.7 Å². The first-order valence-corrected chi connectivity index (χ1v) is 9.63. The summed E-state index contributed by atoms with van der Waals surface area (Å²) in [7, 11) is 2.12. The Morgan fingerprint density at radius 3 is 2.77 bits per heavy atom. The van der Waals surface area contributed by atoms with Crippen molar-refractivity contribution in [2.75, 3.05) is 13.7 Å². The molecule has 0 aliphatic rings. The van der Waals surface area contributed by atoms with Gasteiger partial charge in [0.1, 0.15) is 0 Å². The molecule has 0 saturated carbocycles. The number of hydrogen-bond acceptors (Lipinski definition) is 4. The lowest BCUT2D eigenvalue weighted by molar-refractivity contribution is 0.203. The molecule has 0 fully saturated rings. The molecule has 0 amide bonds. The molecular weight excluding hydrogens is 322 g/mol. The molecule has 4 nitrogen and oxygen atoms in total. The van der Waals surface area contributed by atoms with Gasteiger partial charge in [-0.25, -0.2) is 0 Å². The Bertz CT molecular complexity index is 607. The van der Waals surface area contributed by atoms with E-state index in [4.69, 9.17) is 0 Å². The molecule has 1 N–H and O–H groups in total. The lowest BCUT2D eigenvalue weighted by Gasteiger charge is -2.32. The van der Waals surface area contributed by atoms with Crippen LogP contribution in [0, 0.1) is 6.92 Å². The van der Waals surface area contributed by atoms with Crippen molar-refractivity contribution < 1.29 is 5.11 Å². The summed E-state index contributed by atoms with van der Waals surface area (Å²) in [6.45, 7) is 10.3. The van der Waals surface area contributed by atoms with E-state index in [0.717, 1.165) is 37.1 Å². The molecule has 0 radical (unpaired) electrons. The molecule has 0 spiro atoms. The zero-order valence-corrected chi connectivity index (χ0v) is 16.9. The molecule has 4 heteroatoms. The maximum Gasteiger partial charge on any atom is 0.0450 e. The predicted molar refractivity (Wildman–Crippen MR) is 111 cm³/mol. The number of unbranched alkanes of at least 4 members (excludes halogenated alkanes) is 1. The average molecular weight is 358 g/mol. The van der Waals surface area contributed by atoms with Gasteiger partial charge in [0.25, 0.3) is 0 Å². The Morgan fingerprint density at radius 1 is 1.38 bits per heavy atom. The van der Waals surface area contributed by atoms with Gasteiger partial charge in [-0.2, -0.15) is 0 Å². The van der Waals surface area contributed by atoms with Gasteiger partial charge in [0.2, 0.25) is 0 Å². The average Bonchev–Trinajstić information content (AvgIpc) is 2.64. The minimum Gasteiger partial charge on any atom is -0.396 e. The summed E-state index contributed by atoms with van der Waals surface area (Å²) in [6, 6.07) is 6.50. The lowest BCUT2D eigenvalue weighted by Crippen LogP contribution is -2.32. The Balaban J connectivity index is 2.97. The van der Waals surface area contributed by atoms with Gasteiger partial charge in [0.15, 0.2) is 0 Å². The van der Waals surface area contributed by atoms with Gasteiger partial charge < -0.3 is 10.0 Å². The number of rotatable bonds is 12. The smallest absolute Gasteiger partial charge is 0.0450 e. The number of aliphatic hydroxyl groups excluding tert-OH is 1. The molecule has 0 saturated heterocycles. The number of hydrogen-bond donors (Lipinski definition) is 1. The van der Waals surface area contributed by atoms with E-state index < -0.39 is 0 Å². The van der Waals surface area contributed by atoms with Crippen LogP contribution in [-0.2, 0) is 6.42 Å². The summed E-state index contributed by atoms with van der Waals surface area (Å²) in [6.07, 6.45) is 9.46. The van der Waals surface area contributed by atoms with Crippen molar-refractivity contribution >= 4 is 6.21 Å². The van der Waals surface area contributed by atoms with Crippen molar-refractivity contribution in [3.8, 4) is 0 Å². The van der Waals surface area contributed by atoms with E-state index in [1.165, 1.54) is 24.1 Å². The minimum atomic E-state index is 0.218. The summed E-state index contributed by atoms with van der Waals surface area (Å²) in [4.78, 5) is 11.2. The van der Waals surface area contributed by atoms with Crippen LogP contribution in [0.15, 0.2) is 47.2 Å². The Hall–Kier alpha value is -1.94. The summed E-state index contributed by atoms with van der Waals surface area (Å²) in [5.41, 5.74) is 4.54. The van der Waals surface area contributed by atoms with Crippen molar-refractivity contribution in [2.24, 2.45) is 4.99 Å². The van der Waals surface area contributed by atoms with E-state index in [-0.39, 0.29) is 6.61 Å². The Morgan fingerprint density at radius 2 is 2.15 bits per heavy atom. The monoisotopic (exact) mass is 357 g/mol. The molecule has 144 valence electrons. The second-order valence-corrected chi connectivity index (χ2v) is 6.76. The molecule has 0 aliphatic carbocycles. The molecule has 0 aliphatic heterocycles. The fourth-order valence-electron chi connectivity index (χ4n) is 3.10. The van der Waals surface area contributed by atoms with E-state index in [0.29, 0.717) is 6.04 Å². The van der Waals surface area contributed by atoms with Crippen LogP contribution in [0.1, 0.15) is 57.3 Å². The largest absolute Gasteiger partial charge is 0.396 e. The maximum absolute atomic E-state index is 9.43. The van der Waals surface area contributed by atoms with Crippen LogP contribution in [0.3, 0.4) is 0 Å². The number of aryl methyl sites for hydroxylation is 2. The van der Waals surface area contributed by atoms with Crippen LogP contribution in [0.4, 0.5) is 0 Å². The van der Waals surface area contributed by atoms with Crippen LogP contribution >= 0.6 is 0 Å². The predicted octanol–water partition coefficient (Wildman–Crippen LogP) is 4.68. The number of aliphatic imine (C=N–C) groups is 1. The van der Waals surface area contributed by atoms with E-state index in [9.17, 15) is 5.11 Å². The molecular formula is C22H35N3O. The van der Waals surface area contributed by atoms with Crippen molar-refractivity contribution in [3.63, 3.8) is 0 Å². The quantitative estimate of drug-likeness (QED) is 0.552. The highest BCUT2D eigenvalue weighted by Crippen LogP contribution is 2.20. The minimum absolute atomic E-state index is 0.218. The van der Waals surface area contributed by atoms with Crippen molar-refractivity contribution in [1.82, 2.24) is 9.88 Å². The molecule has 0 bridgehead atoms. The van der Waals surface area contributed by atoms with E-state index >= 15 is 0 Å². The summed E-state index contributed by atoms with van der Waals surface area (Å²) >= 11 is 0. The molecule has 1 atom stereocenters. The maximum atomic E-state index is 9.43. The summed E-state index contributed by atoms with van der Waals surface area (Å²) < 4.78 is 0. The molecule has 26 heavy (non-hydrogen) atoms. The van der Waals surface area contributed by atoms with Crippen LogP contribution in [0.2, 0.25) is 0 Å². The van der Waals surface area contributed by atoms with Gasteiger partial charge in [-0.3, -0.25) is 9.98 Å². The van der Waals surface area contributed by atoms with Gasteiger partial charge in [0, 0.05) is 49.2 Å². The number of pyridine rings is 1. The van der Waals surface area contributed by atoms with E-state index in [2.05, 4.69) is 54.5 Å².